The number of carbonyl (C=O) groups is 1. The van der Waals surface area contributed by atoms with Crippen molar-refractivity contribution in [2.75, 3.05) is 18.5 Å². The third-order valence-electron chi connectivity index (χ3n) is 5.20. The van der Waals surface area contributed by atoms with Crippen LogP contribution in [0.4, 0.5) is 10.5 Å². The largest absolute Gasteiger partial charge is 0.376 e. The summed E-state index contributed by atoms with van der Waals surface area (Å²) in [6, 6.07) is 16.9. The lowest BCUT2D eigenvalue weighted by Crippen LogP contribution is -2.40. The van der Waals surface area contributed by atoms with Gasteiger partial charge in [0.1, 0.15) is 0 Å². The monoisotopic (exact) mass is 391 g/mol. The molecule has 2 aromatic carbocycles. The SMILES string of the molecule is Cc1ccc2[nH]c(=O)c(CN(CC3CCCO3)C(=O)Nc3ccccc3)cc2c1. The first kappa shape index (κ1) is 19.2. The number of anilines is 1. The normalized spacial score (nSPS) is 16.1. The summed E-state index contributed by atoms with van der Waals surface area (Å²) in [6.45, 7) is 3.40. The quantitative estimate of drug-likeness (QED) is 0.689. The van der Waals surface area contributed by atoms with Gasteiger partial charge in [-0.3, -0.25) is 4.79 Å². The Morgan fingerprint density at radius 3 is 2.79 bits per heavy atom. The molecule has 1 fully saturated rings. The number of ether oxygens (including phenoxy) is 1. The van der Waals surface area contributed by atoms with Crippen LogP contribution in [0.2, 0.25) is 0 Å². The molecule has 0 aliphatic carbocycles. The zero-order valence-corrected chi connectivity index (χ0v) is 16.5. The summed E-state index contributed by atoms with van der Waals surface area (Å²) in [5.41, 5.74) is 3.02. The molecule has 1 saturated heterocycles. The Hall–Kier alpha value is -3.12. The molecule has 150 valence electrons. The van der Waals surface area contributed by atoms with Crippen molar-refractivity contribution in [2.45, 2.75) is 32.4 Å². The van der Waals surface area contributed by atoms with Gasteiger partial charge in [-0.2, -0.15) is 0 Å². The first-order valence-corrected chi connectivity index (χ1v) is 9.93. The first-order chi connectivity index (χ1) is 14.1. The number of rotatable bonds is 5. The minimum absolute atomic E-state index is 0.00157. The average molecular weight is 391 g/mol. The van der Waals surface area contributed by atoms with Gasteiger partial charge in [-0.15, -0.1) is 0 Å². The summed E-state index contributed by atoms with van der Waals surface area (Å²) in [7, 11) is 0. The van der Waals surface area contributed by atoms with Crippen LogP contribution in [0, 0.1) is 6.92 Å². The Bertz CT molecular complexity index is 1060. The highest BCUT2D eigenvalue weighted by molar-refractivity contribution is 5.89. The molecule has 0 bridgehead atoms. The number of urea groups is 1. The van der Waals surface area contributed by atoms with Crippen LogP contribution in [0.3, 0.4) is 0 Å². The fraction of sp³-hybridized carbons (Fsp3) is 0.304. The van der Waals surface area contributed by atoms with E-state index in [4.69, 9.17) is 4.74 Å². The van der Waals surface area contributed by atoms with Crippen molar-refractivity contribution < 1.29 is 9.53 Å². The highest BCUT2D eigenvalue weighted by atomic mass is 16.5. The molecule has 1 atom stereocenters. The van der Waals surface area contributed by atoms with Crippen molar-refractivity contribution in [3.05, 3.63) is 76.1 Å². The number of fused-ring (bicyclic) bond motifs is 1. The molecule has 2 amide bonds. The van der Waals surface area contributed by atoms with E-state index >= 15 is 0 Å². The van der Waals surface area contributed by atoms with Gasteiger partial charge in [0.05, 0.1) is 12.6 Å². The fourth-order valence-electron chi connectivity index (χ4n) is 3.67. The summed E-state index contributed by atoms with van der Waals surface area (Å²) >= 11 is 0. The van der Waals surface area contributed by atoms with Crippen molar-refractivity contribution in [3.63, 3.8) is 0 Å². The van der Waals surface area contributed by atoms with Crippen molar-refractivity contribution in [2.24, 2.45) is 0 Å². The molecule has 6 nitrogen and oxygen atoms in total. The molecule has 29 heavy (non-hydrogen) atoms. The van der Waals surface area contributed by atoms with Crippen LogP contribution in [0.1, 0.15) is 24.0 Å². The Labute approximate surface area is 169 Å². The third-order valence-corrected chi connectivity index (χ3v) is 5.20. The zero-order valence-electron chi connectivity index (χ0n) is 16.5. The molecular weight excluding hydrogens is 366 g/mol. The molecule has 0 spiro atoms. The highest BCUT2D eigenvalue weighted by Crippen LogP contribution is 2.18. The summed E-state index contributed by atoms with van der Waals surface area (Å²) < 4.78 is 5.73. The maximum atomic E-state index is 13.0. The number of pyridine rings is 1. The zero-order chi connectivity index (χ0) is 20.2. The maximum absolute atomic E-state index is 13.0. The van der Waals surface area contributed by atoms with Crippen molar-refractivity contribution in [1.29, 1.82) is 0 Å². The summed E-state index contributed by atoms with van der Waals surface area (Å²) in [6.07, 6.45) is 1.91. The van der Waals surface area contributed by atoms with Crippen LogP contribution in [-0.2, 0) is 11.3 Å². The van der Waals surface area contributed by atoms with E-state index in [1.807, 2.05) is 61.5 Å². The van der Waals surface area contributed by atoms with Crippen LogP contribution >= 0.6 is 0 Å². The van der Waals surface area contributed by atoms with Crippen LogP contribution < -0.4 is 10.9 Å². The Balaban J connectivity index is 1.60. The molecule has 3 aromatic rings. The lowest BCUT2D eigenvalue weighted by Gasteiger charge is -2.25. The number of benzene rings is 2. The number of aromatic nitrogens is 1. The third kappa shape index (κ3) is 4.66. The number of H-pyrrole nitrogens is 1. The number of nitrogens with zero attached hydrogens (tertiary/aromatic N) is 1. The Kier molecular flexibility index (Phi) is 5.62. The summed E-state index contributed by atoms with van der Waals surface area (Å²) in [5, 5.41) is 3.88. The van der Waals surface area contributed by atoms with Crippen molar-refractivity contribution in [1.82, 2.24) is 9.88 Å². The van der Waals surface area contributed by atoms with Crippen molar-refractivity contribution in [3.8, 4) is 0 Å². The average Bonchev–Trinajstić information content (AvgIpc) is 3.22. The molecule has 1 unspecified atom stereocenters. The van der Waals surface area contributed by atoms with E-state index in [-0.39, 0.29) is 24.2 Å². The van der Waals surface area contributed by atoms with Gasteiger partial charge < -0.3 is 19.9 Å². The second-order valence-electron chi connectivity index (χ2n) is 7.53. The lowest BCUT2D eigenvalue weighted by molar-refractivity contribution is 0.0818. The predicted molar refractivity (Wildman–Crippen MR) is 114 cm³/mol. The van der Waals surface area contributed by atoms with Gasteiger partial charge in [-0.05, 0) is 55.5 Å². The van der Waals surface area contributed by atoms with E-state index in [9.17, 15) is 9.59 Å². The lowest BCUT2D eigenvalue weighted by atomic mass is 10.1. The molecule has 0 saturated carbocycles. The van der Waals surface area contributed by atoms with Gasteiger partial charge in [-0.1, -0.05) is 29.8 Å². The topological polar surface area (TPSA) is 74.4 Å². The van der Waals surface area contributed by atoms with Crippen LogP contribution in [0.15, 0.2) is 59.4 Å². The second kappa shape index (κ2) is 8.49. The molecule has 4 rings (SSSR count). The van der Waals surface area contributed by atoms with E-state index in [1.54, 1.807) is 4.90 Å². The molecule has 2 heterocycles. The number of amides is 2. The minimum Gasteiger partial charge on any atom is -0.376 e. The molecule has 2 N–H and O–H groups in total. The van der Waals surface area contributed by atoms with Crippen molar-refractivity contribution >= 4 is 22.6 Å². The number of hydrogen-bond acceptors (Lipinski definition) is 3. The molecular formula is C23H25N3O3. The van der Waals surface area contributed by atoms with E-state index in [1.165, 1.54) is 0 Å². The number of carbonyl (C=O) groups excluding carboxylic acids is 1. The second-order valence-corrected chi connectivity index (χ2v) is 7.53. The molecule has 1 aromatic heterocycles. The van der Waals surface area contributed by atoms with E-state index in [0.717, 1.165) is 35.0 Å². The van der Waals surface area contributed by atoms with E-state index in [2.05, 4.69) is 10.3 Å². The summed E-state index contributed by atoms with van der Waals surface area (Å²) in [5.74, 6) is 0. The Morgan fingerprint density at radius 2 is 2.03 bits per heavy atom. The van der Waals surface area contributed by atoms with Gasteiger partial charge >= 0.3 is 6.03 Å². The number of hydrogen-bond donors (Lipinski definition) is 2. The minimum atomic E-state index is -0.240. The smallest absolute Gasteiger partial charge is 0.322 e. The van der Waals surface area contributed by atoms with Gasteiger partial charge in [0.2, 0.25) is 0 Å². The van der Waals surface area contributed by atoms with Gasteiger partial charge in [0.25, 0.3) is 5.56 Å². The van der Waals surface area contributed by atoms with Gasteiger partial charge in [0.15, 0.2) is 0 Å². The number of para-hydroxylation sites is 1. The van der Waals surface area contributed by atoms with Gasteiger partial charge in [-0.25, -0.2) is 4.79 Å². The van der Waals surface area contributed by atoms with E-state index in [0.29, 0.717) is 18.7 Å². The molecule has 1 aliphatic heterocycles. The first-order valence-electron chi connectivity index (χ1n) is 9.93. The number of nitrogens with one attached hydrogen (secondary N) is 2. The van der Waals surface area contributed by atoms with Crippen LogP contribution in [0.25, 0.3) is 10.9 Å². The fourth-order valence-corrected chi connectivity index (χ4v) is 3.67. The highest BCUT2D eigenvalue weighted by Gasteiger charge is 2.24. The standard InChI is InChI=1S/C23H25N3O3/c1-16-9-10-21-17(12-16)13-18(22(27)25-21)14-26(15-20-8-5-11-29-20)23(28)24-19-6-3-2-4-7-19/h2-4,6-7,9-10,12-13,20H,5,8,11,14-15H2,1H3,(H,24,28)(H,25,27). The van der Waals surface area contributed by atoms with E-state index < -0.39 is 0 Å². The molecule has 1 aliphatic rings. The van der Waals surface area contributed by atoms with Crippen LogP contribution in [0.5, 0.6) is 0 Å². The molecule has 0 radical (unpaired) electrons. The van der Waals surface area contributed by atoms with Crippen LogP contribution in [-0.4, -0.2) is 35.2 Å². The number of aryl methyl sites for hydroxylation is 1. The predicted octanol–water partition coefficient (Wildman–Crippen LogP) is 4.05. The summed E-state index contributed by atoms with van der Waals surface area (Å²) in [4.78, 5) is 30.2. The molecule has 6 heteroatoms. The Morgan fingerprint density at radius 1 is 1.21 bits per heavy atom. The van der Waals surface area contributed by atoms with Gasteiger partial charge in [0, 0.05) is 29.9 Å². The number of aromatic amines is 1. The maximum Gasteiger partial charge on any atom is 0.322 e.